The molecule has 0 bridgehead atoms. The first-order valence-electron chi connectivity index (χ1n) is 4.09. The second-order valence-electron chi connectivity index (χ2n) is 2.92. The molecule has 80 valence electrons. The molecule has 0 aliphatic carbocycles. The van der Waals surface area contributed by atoms with Crippen LogP contribution in [0.5, 0.6) is 0 Å². The first-order valence-corrected chi connectivity index (χ1v) is 4.89. The lowest BCUT2D eigenvalue weighted by Gasteiger charge is -2.13. The van der Waals surface area contributed by atoms with Gasteiger partial charge >= 0.3 is 5.97 Å². The van der Waals surface area contributed by atoms with Crippen LogP contribution in [0.1, 0.15) is 10.4 Å². The summed E-state index contributed by atoms with van der Waals surface area (Å²) in [6.07, 6.45) is 1.39. The summed E-state index contributed by atoms with van der Waals surface area (Å²) in [5.41, 5.74) is 0.363. The number of hydrogen-bond acceptors (Lipinski definition) is 3. The number of pyridine rings is 1. The maximum Gasteiger partial charge on any atom is 0.323 e. The van der Waals surface area contributed by atoms with Crippen molar-refractivity contribution in [2.24, 2.45) is 0 Å². The highest BCUT2D eigenvalue weighted by Crippen LogP contribution is 2.07. The SMILES string of the molecule is CN(CC(=O)O)C(=O)c1ccc(Br)nc1. The zero-order valence-electron chi connectivity index (χ0n) is 7.98. The van der Waals surface area contributed by atoms with Gasteiger partial charge < -0.3 is 10.0 Å². The van der Waals surface area contributed by atoms with Crippen LogP contribution < -0.4 is 0 Å². The Labute approximate surface area is 94.9 Å². The third kappa shape index (κ3) is 3.32. The molecule has 1 amide bonds. The van der Waals surface area contributed by atoms with E-state index in [0.29, 0.717) is 10.2 Å². The minimum Gasteiger partial charge on any atom is -0.480 e. The van der Waals surface area contributed by atoms with Crippen molar-refractivity contribution in [2.75, 3.05) is 13.6 Å². The standard InChI is InChI=1S/C9H9BrN2O3/c1-12(5-8(13)14)9(15)6-2-3-7(10)11-4-6/h2-4H,5H2,1H3,(H,13,14). The van der Waals surface area contributed by atoms with Gasteiger partial charge in [-0.1, -0.05) is 0 Å². The van der Waals surface area contributed by atoms with Crippen molar-refractivity contribution >= 4 is 27.8 Å². The van der Waals surface area contributed by atoms with Crippen LogP contribution in [0, 0.1) is 0 Å². The van der Waals surface area contributed by atoms with Crippen LogP contribution in [0.25, 0.3) is 0 Å². The monoisotopic (exact) mass is 272 g/mol. The van der Waals surface area contributed by atoms with E-state index < -0.39 is 5.97 Å². The molecule has 1 heterocycles. The molecule has 15 heavy (non-hydrogen) atoms. The predicted molar refractivity (Wildman–Crippen MR) is 56.5 cm³/mol. The number of halogens is 1. The van der Waals surface area contributed by atoms with Crippen molar-refractivity contribution in [1.29, 1.82) is 0 Å². The zero-order chi connectivity index (χ0) is 11.4. The third-order valence-corrected chi connectivity index (χ3v) is 2.16. The van der Waals surface area contributed by atoms with Crippen molar-refractivity contribution in [3.63, 3.8) is 0 Å². The molecule has 0 spiro atoms. The number of likely N-dealkylation sites (N-methyl/N-ethyl adjacent to an activating group) is 1. The smallest absolute Gasteiger partial charge is 0.323 e. The van der Waals surface area contributed by atoms with E-state index in [1.54, 1.807) is 12.1 Å². The van der Waals surface area contributed by atoms with Crippen LogP contribution in [-0.2, 0) is 4.79 Å². The van der Waals surface area contributed by atoms with E-state index in [9.17, 15) is 9.59 Å². The fourth-order valence-electron chi connectivity index (χ4n) is 0.997. The molecule has 0 aliphatic heterocycles. The van der Waals surface area contributed by atoms with E-state index in [0.717, 1.165) is 4.90 Å². The summed E-state index contributed by atoms with van der Waals surface area (Å²) < 4.78 is 0.625. The second-order valence-corrected chi connectivity index (χ2v) is 3.74. The molecule has 1 N–H and O–H groups in total. The molecule has 0 atom stereocenters. The van der Waals surface area contributed by atoms with Gasteiger partial charge in [0.05, 0.1) is 5.56 Å². The Hall–Kier alpha value is -1.43. The largest absolute Gasteiger partial charge is 0.480 e. The lowest BCUT2D eigenvalue weighted by atomic mass is 10.2. The number of aliphatic carboxylic acids is 1. The Morgan fingerprint density at radius 2 is 2.20 bits per heavy atom. The lowest BCUT2D eigenvalue weighted by molar-refractivity contribution is -0.137. The van der Waals surface area contributed by atoms with Gasteiger partial charge in [-0.25, -0.2) is 4.98 Å². The van der Waals surface area contributed by atoms with Gasteiger partial charge in [0.2, 0.25) is 0 Å². The summed E-state index contributed by atoms with van der Waals surface area (Å²) in [6, 6.07) is 3.21. The summed E-state index contributed by atoms with van der Waals surface area (Å²) in [5.74, 6) is -1.41. The Balaban J connectivity index is 2.76. The lowest BCUT2D eigenvalue weighted by Crippen LogP contribution is -2.31. The molecular formula is C9H9BrN2O3. The number of rotatable bonds is 3. The molecule has 0 saturated carbocycles. The molecule has 6 heteroatoms. The van der Waals surface area contributed by atoms with Crippen LogP contribution in [0.2, 0.25) is 0 Å². The van der Waals surface area contributed by atoms with E-state index in [-0.39, 0.29) is 12.5 Å². The molecule has 0 saturated heterocycles. The molecule has 1 rings (SSSR count). The molecule has 0 radical (unpaired) electrons. The Morgan fingerprint density at radius 3 is 2.67 bits per heavy atom. The summed E-state index contributed by atoms with van der Waals surface area (Å²) >= 11 is 3.14. The average Bonchev–Trinajstić information content (AvgIpc) is 2.17. The van der Waals surface area contributed by atoms with Crippen molar-refractivity contribution in [2.45, 2.75) is 0 Å². The average molecular weight is 273 g/mol. The fourth-order valence-corrected chi connectivity index (χ4v) is 1.23. The minimum atomic E-state index is -1.05. The minimum absolute atomic E-state index is 0.325. The fraction of sp³-hybridized carbons (Fsp3) is 0.222. The molecule has 0 unspecified atom stereocenters. The van der Waals surface area contributed by atoms with Crippen molar-refractivity contribution < 1.29 is 14.7 Å². The molecule has 5 nitrogen and oxygen atoms in total. The van der Waals surface area contributed by atoms with E-state index in [1.807, 2.05) is 0 Å². The molecular weight excluding hydrogens is 264 g/mol. The summed E-state index contributed by atoms with van der Waals surface area (Å²) in [4.78, 5) is 27.0. The van der Waals surface area contributed by atoms with Crippen LogP contribution in [0.15, 0.2) is 22.9 Å². The van der Waals surface area contributed by atoms with Crippen LogP contribution in [0.3, 0.4) is 0 Å². The number of aromatic nitrogens is 1. The van der Waals surface area contributed by atoms with Crippen molar-refractivity contribution in [1.82, 2.24) is 9.88 Å². The van der Waals surface area contributed by atoms with Gasteiger partial charge in [-0.2, -0.15) is 0 Å². The van der Waals surface area contributed by atoms with Gasteiger partial charge in [0.1, 0.15) is 11.1 Å². The molecule has 0 aromatic carbocycles. The topological polar surface area (TPSA) is 70.5 Å². The first-order chi connectivity index (χ1) is 7.00. The second kappa shape index (κ2) is 4.88. The van der Waals surface area contributed by atoms with E-state index >= 15 is 0 Å². The van der Waals surface area contributed by atoms with Crippen LogP contribution in [0.4, 0.5) is 0 Å². The first kappa shape index (κ1) is 11.6. The highest BCUT2D eigenvalue weighted by Gasteiger charge is 2.14. The Bertz CT molecular complexity index is 377. The van der Waals surface area contributed by atoms with Crippen molar-refractivity contribution in [3.05, 3.63) is 28.5 Å². The van der Waals surface area contributed by atoms with Gasteiger partial charge in [0.25, 0.3) is 5.91 Å². The van der Waals surface area contributed by atoms with Crippen molar-refractivity contribution in [3.8, 4) is 0 Å². The third-order valence-electron chi connectivity index (χ3n) is 1.69. The zero-order valence-corrected chi connectivity index (χ0v) is 9.56. The number of nitrogens with zero attached hydrogens (tertiary/aromatic N) is 2. The quantitative estimate of drug-likeness (QED) is 0.834. The molecule has 1 aromatic rings. The number of carboxylic acid groups (broad SMARTS) is 1. The highest BCUT2D eigenvalue weighted by molar-refractivity contribution is 9.10. The van der Waals surface area contributed by atoms with Gasteiger partial charge in [-0.05, 0) is 28.1 Å². The normalized spacial score (nSPS) is 9.73. The predicted octanol–water partition coefficient (Wildman–Crippen LogP) is 1.00. The number of carbonyl (C=O) groups excluding carboxylic acids is 1. The van der Waals surface area contributed by atoms with Crippen LogP contribution in [-0.4, -0.2) is 40.5 Å². The van der Waals surface area contributed by atoms with Gasteiger partial charge in [0.15, 0.2) is 0 Å². The molecule has 0 fully saturated rings. The van der Waals surface area contributed by atoms with E-state index in [1.165, 1.54) is 13.2 Å². The summed E-state index contributed by atoms with van der Waals surface area (Å²) in [5, 5.41) is 8.51. The number of hydrogen-bond donors (Lipinski definition) is 1. The Kier molecular flexibility index (Phi) is 3.79. The van der Waals surface area contributed by atoms with Gasteiger partial charge in [-0.15, -0.1) is 0 Å². The number of carboxylic acids is 1. The molecule has 1 aromatic heterocycles. The summed E-state index contributed by atoms with van der Waals surface area (Å²) in [6.45, 7) is -0.325. The van der Waals surface area contributed by atoms with Crippen LogP contribution >= 0.6 is 15.9 Å². The maximum atomic E-state index is 11.6. The summed E-state index contributed by atoms with van der Waals surface area (Å²) in [7, 11) is 1.43. The Morgan fingerprint density at radius 1 is 1.53 bits per heavy atom. The number of amides is 1. The number of carbonyl (C=O) groups is 2. The van der Waals surface area contributed by atoms with E-state index in [4.69, 9.17) is 5.11 Å². The van der Waals surface area contributed by atoms with Gasteiger partial charge in [0, 0.05) is 13.2 Å². The maximum absolute atomic E-state index is 11.6. The van der Waals surface area contributed by atoms with E-state index in [2.05, 4.69) is 20.9 Å². The van der Waals surface area contributed by atoms with Gasteiger partial charge in [-0.3, -0.25) is 9.59 Å². The molecule has 0 aliphatic rings. The highest BCUT2D eigenvalue weighted by atomic mass is 79.9.